The van der Waals surface area contributed by atoms with Crippen molar-refractivity contribution in [3.05, 3.63) is 0 Å². The van der Waals surface area contributed by atoms with Crippen LogP contribution >= 0.6 is 0 Å². The number of nitrogens with one attached hydrogen (secondary N) is 3. The van der Waals surface area contributed by atoms with E-state index in [1.807, 2.05) is 4.90 Å². The van der Waals surface area contributed by atoms with Crippen molar-refractivity contribution in [2.45, 2.75) is 115 Å². The molecule has 5 rings (SSSR count). The largest absolute Gasteiger partial charge is 0.325 e. The number of imide groups is 1. The summed E-state index contributed by atoms with van der Waals surface area (Å²) in [6.45, 7) is 5.26. The fourth-order valence-corrected chi connectivity index (χ4v) is 8.01. The minimum atomic E-state index is -1.32. The number of halogens is 2. The molecule has 34 heavy (non-hydrogen) atoms. The predicted octanol–water partition coefficient (Wildman–Crippen LogP) is 3.90. The topological polar surface area (TPSA) is 73.5 Å². The third-order valence-electron chi connectivity index (χ3n) is 9.63. The Labute approximate surface area is 202 Å². The molecule has 2 bridgehead atoms. The normalized spacial score (nSPS) is 45.9. The number of fused-ring (bicyclic) bond motifs is 5. The van der Waals surface area contributed by atoms with Gasteiger partial charge in [0.05, 0.1) is 12.1 Å². The van der Waals surface area contributed by atoms with Crippen molar-refractivity contribution in [2.75, 3.05) is 6.54 Å². The zero-order valence-corrected chi connectivity index (χ0v) is 20.6. The SMILES string of the molecule is CC(C)C1CCCC2CCCCNC3CCCC(F)C3C3NC4C(CC3F)C(=O)NC(=O)N4C21. The number of urea groups is 1. The van der Waals surface area contributed by atoms with Crippen molar-refractivity contribution in [1.82, 2.24) is 20.9 Å². The maximum atomic E-state index is 15.7. The molecule has 3 aliphatic heterocycles. The van der Waals surface area contributed by atoms with Crippen LogP contribution in [0.1, 0.15) is 78.1 Å². The van der Waals surface area contributed by atoms with Gasteiger partial charge >= 0.3 is 6.03 Å². The lowest BCUT2D eigenvalue weighted by atomic mass is 9.68. The average molecular weight is 481 g/mol. The number of nitrogens with zero attached hydrogens (tertiary/aromatic N) is 1. The van der Waals surface area contributed by atoms with Crippen LogP contribution in [0.3, 0.4) is 0 Å². The molecule has 0 radical (unpaired) electrons. The highest BCUT2D eigenvalue weighted by Gasteiger charge is 2.55. The highest BCUT2D eigenvalue weighted by atomic mass is 19.1. The van der Waals surface area contributed by atoms with Crippen LogP contribution in [0.4, 0.5) is 13.6 Å². The fourth-order valence-electron chi connectivity index (χ4n) is 8.01. The molecule has 3 amide bonds. The van der Waals surface area contributed by atoms with Crippen molar-refractivity contribution in [3.63, 3.8) is 0 Å². The summed E-state index contributed by atoms with van der Waals surface area (Å²) in [5.74, 6) is -0.427. The molecule has 10 unspecified atom stereocenters. The average Bonchev–Trinajstić information content (AvgIpc) is 2.80. The van der Waals surface area contributed by atoms with Crippen molar-refractivity contribution < 1.29 is 18.4 Å². The van der Waals surface area contributed by atoms with Crippen LogP contribution in [0.25, 0.3) is 0 Å². The summed E-state index contributed by atoms with van der Waals surface area (Å²) in [6.07, 6.45) is 5.54. The van der Waals surface area contributed by atoms with E-state index in [0.717, 1.165) is 57.9 Å². The van der Waals surface area contributed by atoms with E-state index in [1.54, 1.807) is 0 Å². The quantitative estimate of drug-likeness (QED) is 0.532. The van der Waals surface area contributed by atoms with Crippen LogP contribution in [0, 0.1) is 29.6 Å². The molecule has 6 nitrogen and oxygen atoms in total. The van der Waals surface area contributed by atoms with Gasteiger partial charge in [0.1, 0.15) is 12.3 Å². The van der Waals surface area contributed by atoms with Gasteiger partial charge < -0.3 is 10.2 Å². The minimum Gasteiger partial charge on any atom is -0.314 e. The molecule has 0 aromatic heterocycles. The number of hydrogen-bond acceptors (Lipinski definition) is 4. The molecule has 192 valence electrons. The van der Waals surface area contributed by atoms with Crippen LogP contribution < -0.4 is 16.0 Å². The van der Waals surface area contributed by atoms with E-state index in [4.69, 9.17) is 0 Å². The number of carbonyl (C=O) groups excluding carboxylic acids is 2. The molecule has 0 aromatic rings. The first kappa shape index (κ1) is 24.4. The number of piperidine rings is 1. The van der Waals surface area contributed by atoms with Gasteiger partial charge in [0.15, 0.2) is 0 Å². The Balaban J connectivity index is 1.55. The van der Waals surface area contributed by atoms with Crippen LogP contribution in [0.5, 0.6) is 0 Å². The third-order valence-corrected chi connectivity index (χ3v) is 9.63. The standard InChI is InChI=1S/C26H42F2N4O2/c1-14(2)16-9-5-8-15-7-3-4-12-29-20-11-6-10-18(27)21(20)22-19(28)13-17-24(30-22)32(23(15)16)26(34)31-25(17)33/h14-24,29-30H,3-13H2,1-2H3,(H,31,33,34). The van der Waals surface area contributed by atoms with Gasteiger partial charge in [-0.1, -0.05) is 26.7 Å². The zero-order valence-electron chi connectivity index (χ0n) is 20.6. The van der Waals surface area contributed by atoms with E-state index >= 15 is 8.78 Å². The Bertz CT molecular complexity index is 767. The molecular formula is C26H42F2N4O2. The first-order valence-electron chi connectivity index (χ1n) is 13.8. The van der Waals surface area contributed by atoms with E-state index in [2.05, 4.69) is 29.8 Å². The summed E-state index contributed by atoms with van der Waals surface area (Å²) in [7, 11) is 0. The molecule has 2 saturated carbocycles. The fraction of sp³-hybridized carbons (Fsp3) is 0.923. The molecule has 5 fully saturated rings. The minimum absolute atomic E-state index is 0.00991. The summed E-state index contributed by atoms with van der Waals surface area (Å²) in [4.78, 5) is 28.2. The first-order valence-corrected chi connectivity index (χ1v) is 13.8. The lowest BCUT2D eigenvalue weighted by molar-refractivity contribution is -0.137. The second-order valence-corrected chi connectivity index (χ2v) is 11.9. The number of carbonyl (C=O) groups is 2. The zero-order chi connectivity index (χ0) is 24.0. The van der Waals surface area contributed by atoms with Crippen LogP contribution in [0.15, 0.2) is 0 Å². The number of amides is 3. The van der Waals surface area contributed by atoms with Crippen LogP contribution in [-0.2, 0) is 4.79 Å². The number of alkyl halides is 2. The van der Waals surface area contributed by atoms with Gasteiger partial charge in [-0.2, -0.15) is 0 Å². The molecule has 2 aliphatic carbocycles. The van der Waals surface area contributed by atoms with Gasteiger partial charge in [-0.3, -0.25) is 15.4 Å². The lowest BCUT2D eigenvalue weighted by Gasteiger charge is -2.55. The molecule has 0 aromatic carbocycles. The predicted molar refractivity (Wildman–Crippen MR) is 126 cm³/mol. The van der Waals surface area contributed by atoms with Crippen LogP contribution in [-0.4, -0.2) is 60.0 Å². The van der Waals surface area contributed by atoms with Crippen molar-refractivity contribution in [2.24, 2.45) is 29.6 Å². The molecule has 10 atom stereocenters. The van der Waals surface area contributed by atoms with Crippen molar-refractivity contribution in [1.29, 1.82) is 0 Å². The van der Waals surface area contributed by atoms with Crippen molar-refractivity contribution >= 4 is 11.9 Å². The van der Waals surface area contributed by atoms with Gasteiger partial charge in [0.2, 0.25) is 5.91 Å². The second kappa shape index (κ2) is 10.00. The van der Waals surface area contributed by atoms with E-state index in [-0.39, 0.29) is 24.5 Å². The molecule has 3 heterocycles. The smallest absolute Gasteiger partial charge is 0.314 e. The number of rotatable bonds is 1. The Kier molecular flexibility index (Phi) is 7.18. The lowest BCUT2D eigenvalue weighted by Crippen LogP contribution is -2.75. The molecule has 5 aliphatic rings. The van der Waals surface area contributed by atoms with Crippen molar-refractivity contribution in [3.8, 4) is 0 Å². The van der Waals surface area contributed by atoms with E-state index in [9.17, 15) is 9.59 Å². The maximum absolute atomic E-state index is 15.7. The molecular weight excluding hydrogens is 438 g/mol. The second-order valence-electron chi connectivity index (χ2n) is 11.9. The summed E-state index contributed by atoms with van der Waals surface area (Å²) in [6, 6.07) is -1.13. The summed E-state index contributed by atoms with van der Waals surface area (Å²) in [5, 5.41) is 9.55. The Hall–Kier alpha value is -1.28. The van der Waals surface area contributed by atoms with Gasteiger partial charge in [-0.05, 0) is 75.7 Å². The molecule has 0 spiro atoms. The molecule has 3 N–H and O–H groups in total. The molecule has 8 heteroatoms. The Morgan fingerprint density at radius 2 is 1.71 bits per heavy atom. The third kappa shape index (κ3) is 4.38. The van der Waals surface area contributed by atoms with Crippen LogP contribution in [0.2, 0.25) is 0 Å². The van der Waals surface area contributed by atoms with Gasteiger partial charge in [-0.15, -0.1) is 0 Å². The van der Waals surface area contributed by atoms with Gasteiger partial charge in [-0.25, -0.2) is 13.6 Å². The van der Waals surface area contributed by atoms with E-state index in [1.165, 1.54) is 0 Å². The first-order chi connectivity index (χ1) is 16.4. The summed E-state index contributed by atoms with van der Waals surface area (Å²) >= 11 is 0. The molecule has 3 saturated heterocycles. The van der Waals surface area contributed by atoms with Gasteiger partial charge in [0.25, 0.3) is 0 Å². The summed E-state index contributed by atoms with van der Waals surface area (Å²) < 4.78 is 31.0. The number of hydrogen-bond donors (Lipinski definition) is 3. The maximum Gasteiger partial charge on any atom is 0.325 e. The van der Waals surface area contributed by atoms with E-state index in [0.29, 0.717) is 24.2 Å². The monoisotopic (exact) mass is 480 g/mol. The van der Waals surface area contributed by atoms with Gasteiger partial charge in [0, 0.05) is 24.0 Å². The Morgan fingerprint density at radius 3 is 2.50 bits per heavy atom. The van der Waals surface area contributed by atoms with E-state index < -0.39 is 42.3 Å². The summed E-state index contributed by atoms with van der Waals surface area (Å²) in [5.41, 5.74) is 0. The Morgan fingerprint density at radius 1 is 0.941 bits per heavy atom. The highest BCUT2D eigenvalue weighted by Crippen LogP contribution is 2.44. The highest BCUT2D eigenvalue weighted by molar-refractivity contribution is 5.98.